The summed E-state index contributed by atoms with van der Waals surface area (Å²) in [6, 6.07) is 18.7. The number of carboxylic acid groups (broad SMARTS) is 1. The Morgan fingerprint density at radius 3 is 2.46 bits per heavy atom. The molecule has 6 rings (SSSR count). The van der Waals surface area contributed by atoms with Crippen molar-refractivity contribution in [1.29, 1.82) is 0 Å². The number of benzene rings is 2. The molecule has 0 radical (unpaired) electrons. The van der Waals surface area contributed by atoms with E-state index in [9.17, 15) is 24.6 Å². The molecule has 3 heterocycles. The molecule has 2 aliphatic heterocycles. The van der Waals surface area contributed by atoms with Gasteiger partial charge in [0.2, 0.25) is 5.91 Å². The first-order chi connectivity index (χ1) is 22.3. The molecule has 2 aromatic carbocycles. The molecular weight excluding hydrogens is 586 g/mol. The number of aromatic nitrogens is 2. The summed E-state index contributed by atoms with van der Waals surface area (Å²) in [7, 11) is 0. The topological polar surface area (TPSA) is 128 Å². The van der Waals surface area contributed by atoms with Crippen molar-refractivity contribution < 1.29 is 29.3 Å². The lowest BCUT2D eigenvalue weighted by atomic mass is 9.80. The monoisotopic (exact) mass is 629 g/mol. The van der Waals surface area contributed by atoms with Gasteiger partial charge in [0.05, 0.1) is 37.3 Å². The lowest BCUT2D eigenvalue weighted by Gasteiger charge is -2.41. The van der Waals surface area contributed by atoms with E-state index in [-0.39, 0.29) is 55.8 Å². The van der Waals surface area contributed by atoms with E-state index >= 15 is 0 Å². The molecule has 1 aromatic heterocycles. The van der Waals surface area contributed by atoms with Gasteiger partial charge in [-0.05, 0) is 31.2 Å². The zero-order chi connectivity index (χ0) is 32.1. The molecule has 2 N–H and O–H groups in total. The van der Waals surface area contributed by atoms with Crippen molar-refractivity contribution in [2.24, 2.45) is 0 Å². The summed E-state index contributed by atoms with van der Waals surface area (Å²) in [6.07, 6.45) is 5.66. The summed E-state index contributed by atoms with van der Waals surface area (Å²) >= 11 is 0. The van der Waals surface area contributed by atoms with Gasteiger partial charge < -0.3 is 34.2 Å². The molecule has 11 nitrogen and oxygen atoms in total. The van der Waals surface area contributed by atoms with Crippen LogP contribution in [0.15, 0.2) is 67.0 Å². The molecule has 0 bridgehead atoms. The summed E-state index contributed by atoms with van der Waals surface area (Å²) in [5.74, 6) is -0.106. The summed E-state index contributed by atoms with van der Waals surface area (Å²) in [6.45, 7) is 2.41. The van der Waals surface area contributed by atoms with E-state index in [1.807, 2.05) is 70.1 Å². The number of rotatable bonds is 10. The van der Waals surface area contributed by atoms with Crippen molar-refractivity contribution in [1.82, 2.24) is 24.3 Å². The number of carbonyl (C=O) groups is 3. The van der Waals surface area contributed by atoms with Crippen molar-refractivity contribution in [3.8, 4) is 11.3 Å². The van der Waals surface area contributed by atoms with Crippen LogP contribution in [0.5, 0.6) is 0 Å². The van der Waals surface area contributed by atoms with Crippen LogP contribution in [0.4, 0.5) is 4.79 Å². The lowest BCUT2D eigenvalue weighted by Crippen LogP contribution is -2.57. The van der Waals surface area contributed by atoms with E-state index in [2.05, 4.69) is 0 Å². The number of imidazole rings is 1. The van der Waals surface area contributed by atoms with Crippen LogP contribution >= 0.6 is 0 Å². The Balaban J connectivity index is 1.28. The van der Waals surface area contributed by atoms with Gasteiger partial charge >= 0.3 is 6.09 Å². The van der Waals surface area contributed by atoms with Gasteiger partial charge in [-0.25, -0.2) is 9.78 Å². The Morgan fingerprint density at radius 2 is 1.74 bits per heavy atom. The van der Waals surface area contributed by atoms with Crippen LogP contribution in [0.25, 0.3) is 11.3 Å². The zero-order valence-corrected chi connectivity index (χ0v) is 26.2. The molecule has 3 atom stereocenters. The van der Waals surface area contributed by atoms with E-state index in [0.29, 0.717) is 44.5 Å². The molecule has 3 aliphatic rings. The van der Waals surface area contributed by atoms with Gasteiger partial charge in [0.25, 0.3) is 5.91 Å². The van der Waals surface area contributed by atoms with E-state index < -0.39 is 11.7 Å². The summed E-state index contributed by atoms with van der Waals surface area (Å²) in [4.78, 5) is 48.0. The maximum absolute atomic E-state index is 14.5. The average molecular weight is 630 g/mol. The number of hydrogen-bond donors (Lipinski definition) is 2. The molecule has 2 saturated heterocycles. The summed E-state index contributed by atoms with van der Waals surface area (Å²) in [5, 5.41) is 21.8. The van der Waals surface area contributed by atoms with Crippen molar-refractivity contribution >= 4 is 17.9 Å². The third-order valence-electron chi connectivity index (χ3n) is 9.69. The highest BCUT2D eigenvalue weighted by molar-refractivity contribution is 5.98. The van der Waals surface area contributed by atoms with Crippen molar-refractivity contribution in [2.75, 3.05) is 45.9 Å². The molecule has 1 aliphatic carbocycles. The third kappa shape index (κ3) is 6.80. The number of hydrogen-bond acceptors (Lipinski definition) is 6. The van der Waals surface area contributed by atoms with Crippen molar-refractivity contribution in [3.63, 3.8) is 0 Å². The number of amides is 3. The van der Waals surface area contributed by atoms with Crippen LogP contribution in [0.3, 0.4) is 0 Å². The molecule has 0 spiro atoms. The maximum atomic E-state index is 14.5. The number of carbonyl (C=O) groups excluding carboxylic acids is 2. The zero-order valence-electron chi connectivity index (χ0n) is 26.2. The predicted octanol–water partition coefficient (Wildman–Crippen LogP) is 4.08. The molecule has 2 unspecified atom stereocenters. The smallest absolute Gasteiger partial charge is 0.407 e. The van der Waals surface area contributed by atoms with Crippen LogP contribution in [0.2, 0.25) is 0 Å². The quantitative estimate of drug-likeness (QED) is 0.324. The Morgan fingerprint density at radius 1 is 0.978 bits per heavy atom. The molecule has 3 fully saturated rings. The van der Waals surface area contributed by atoms with Gasteiger partial charge in [-0.3, -0.25) is 9.59 Å². The molecular formula is C35H43N5O6. The second kappa shape index (κ2) is 14.0. The standard InChI is InChI=1S/C35H43N5O6/c41-30-15-9-17-37(30)20-21-46-24-35(45)16-8-7-14-29(35)40-25-36-31(32(40)27-12-5-2-6-13-27)33(42)39-19-18-38(34(43)44)23-28(39)22-26-10-3-1-4-11-26/h1-6,10-13,25,28-29,45H,7-9,14-24H2,(H,43,44)/t28-,29?,35?/m1/s1. The summed E-state index contributed by atoms with van der Waals surface area (Å²) in [5.41, 5.74) is 1.58. The highest BCUT2D eigenvalue weighted by Crippen LogP contribution is 2.41. The van der Waals surface area contributed by atoms with Gasteiger partial charge in [-0.15, -0.1) is 0 Å². The minimum atomic E-state index is -1.18. The van der Waals surface area contributed by atoms with Gasteiger partial charge in [0.1, 0.15) is 5.60 Å². The van der Waals surface area contributed by atoms with Crippen LogP contribution in [0, 0.1) is 0 Å². The normalized spacial score (nSPS) is 23.6. The second-order valence-electron chi connectivity index (χ2n) is 12.7. The Bertz CT molecular complexity index is 1510. The van der Waals surface area contributed by atoms with E-state index in [1.54, 1.807) is 11.2 Å². The minimum Gasteiger partial charge on any atom is -0.465 e. The average Bonchev–Trinajstić information content (AvgIpc) is 3.70. The van der Waals surface area contributed by atoms with Crippen LogP contribution in [-0.4, -0.2) is 110 Å². The fraction of sp³-hybridized carbons (Fsp3) is 0.486. The maximum Gasteiger partial charge on any atom is 0.407 e. The predicted molar refractivity (Wildman–Crippen MR) is 171 cm³/mol. The largest absolute Gasteiger partial charge is 0.465 e. The summed E-state index contributed by atoms with van der Waals surface area (Å²) < 4.78 is 7.98. The fourth-order valence-corrected chi connectivity index (χ4v) is 7.26. The Hall–Kier alpha value is -4.22. The SMILES string of the molecule is O=C(O)N1CCN(C(=O)c2ncn(C3CCCCC3(O)COCCN3CCCC3=O)c2-c2ccccc2)[C@H](Cc2ccccc2)C1. The van der Waals surface area contributed by atoms with Crippen molar-refractivity contribution in [2.45, 2.75) is 62.6 Å². The van der Waals surface area contributed by atoms with E-state index in [0.717, 1.165) is 36.9 Å². The number of likely N-dealkylation sites (tertiary alicyclic amines) is 1. The highest BCUT2D eigenvalue weighted by Gasteiger charge is 2.43. The molecule has 244 valence electrons. The Labute approximate surface area is 269 Å². The van der Waals surface area contributed by atoms with Crippen LogP contribution in [0.1, 0.15) is 60.6 Å². The fourth-order valence-electron chi connectivity index (χ4n) is 7.26. The number of piperazine rings is 1. The third-order valence-corrected chi connectivity index (χ3v) is 9.69. The minimum absolute atomic E-state index is 0.117. The molecule has 3 aromatic rings. The number of ether oxygens (including phenoxy) is 1. The number of nitrogens with zero attached hydrogens (tertiary/aromatic N) is 5. The van der Waals surface area contributed by atoms with E-state index in [1.165, 1.54) is 4.90 Å². The van der Waals surface area contributed by atoms with Crippen LogP contribution in [-0.2, 0) is 16.0 Å². The van der Waals surface area contributed by atoms with Gasteiger partial charge in [-0.1, -0.05) is 73.5 Å². The van der Waals surface area contributed by atoms with Crippen LogP contribution < -0.4 is 0 Å². The molecule has 46 heavy (non-hydrogen) atoms. The molecule has 1 saturated carbocycles. The lowest BCUT2D eigenvalue weighted by molar-refractivity contribution is -0.129. The number of aliphatic hydroxyl groups is 1. The van der Waals surface area contributed by atoms with Crippen molar-refractivity contribution in [3.05, 3.63) is 78.2 Å². The van der Waals surface area contributed by atoms with Gasteiger partial charge in [0.15, 0.2) is 5.69 Å². The molecule has 11 heteroatoms. The van der Waals surface area contributed by atoms with E-state index in [4.69, 9.17) is 9.72 Å². The first kappa shape index (κ1) is 31.7. The van der Waals surface area contributed by atoms with Gasteiger partial charge in [-0.2, -0.15) is 0 Å². The molecule has 3 amide bonds. The first-order valence-corrected chi connectivity index (χ1v) is 16.4. The highest BCUT2D eigenvalue weighted by atomic mass is 16.5. The Kier molecular flexibility index (Phi) is 9.70. The van der Waals surface area contributed by atoms with Gasteiger partial charge in [0, 0.05) is 44.7 Å². The first-order valence-electron chi connectivity index (χ1n) is 16.4. The second-order valence-corrected chi connectivity index (χ2v) is 12.7.